The number of nitrogen functional groups attached to an aromatic ring is 1. The summed E-state index contributed by atoms with van der Waals surface area (Å²) in [5, 5.41) is 23.9. The Kier molecular flexibility index (Phi) is 5.93. The van der Waals surface area contributed by atoms with Crippen LogP contribution in [-0.4, -0.2) is 41.7 Å². The van der Waals surface area contributed by atoms with Gasteiger partial charge in [0.25, 0.3) is 0 Å². The van der Waals surface area contributed by atoms with E-state index < -0.39 is 17.8 Å². The van der Waals surface area contributed by atoms with E-state index in [1.807, 2.05) is 32.0 Å². The van der Waals surface area contributed by atoms with E-state index in [2.05, 4.69) is 30.6 Å². The molecule has 4 N–H and O–H groups in total. The van der Waals surface area contributed by atoms with Gasteiger partial charge in [-0.1, -0.05) is 25.1 Å². The fourth-order valence-corrected chi connectivity index (χ4v) is 3.26. The van der Waals surface area contributed by atoms with Crippen molar-refractivity contribution in [2.45, 2.75) is 32.6 Å². The van der Waals surface area contributed by atoms with Crippen LogP contribution in [0.1, 0.15) is 37.6 Å². The first kappa shape index (κ1) is 19.4. The number of carbonyl (C=O) groups is 1. The number of nitrogens with two attached hydrogens (primary N) is 1. The molecule has 0 spiro atoms. The van der Waals surface area contributed by atoms with Crippen molar-refractivity contribution < 1.29 is 9.90 Å². The van der Waals surface area contributed by atoms with Crippen molar-refractivity contribution in [2.24, 2.45) is 11.8 Å². The molecule has 0 amide bonds. The quantitative estimate of drug-likeness (QED) is 0.539. The number of hydrogen-bond donors (Lipinski definition) is 3. The van der Waals surface area contributed by atoms with Gasteiger partial charge in [-0.15, -0.1) is 10.2 Å². The monoisotopic (exact) mass is 381 g/mol. The maximum Gasteiger partial charge on any atom is 0.307 e. The molecule has 3 aromatic rings. The van der Waals surface area contributed by atoms with Crippen LogP contribution in [-0.2, 0) is 11.2 Å². The molecular weight excluding hydrogens is 358 g/mol. The molecular formula is C19H23N7O2. The second kappa shape index (κ2) is 8.55. The summed E-state index contributed by atoms with van der Waals surface area (Å²) in [5.41, 5.74) is 8.27. The molecule has 0 bridgehead atoms. The Morgan fingerprint density at radius 3 is 2.64 bits per heavy atom. The number of nitrogens with one attached hydrogen (secondary N) is 1. The highest BCUT2D eigenvalue weighted by Crippen LogP contribution is 2.31. The molecule has 0 aromatic carbocycles. The minimum atomic E-state index is -0.861. The lowest BCUT2D eigenvalue weighted by Crippen LogP contribution is -2.26. The number of aliphatic carboxylic acids is 1. The van der Waals surface area contributed by atoms with Gasteiger partial charge in [-0.3, -0.25) is 9.78 Å². The van der Waals surface area contributed by atoms with E-state index >= 15 is 0 Å². The normalized spacial score (nSPS) is 13.4. The molecule has 146 valence electrons. The van der Waals surface area contributed by atoms with Gasteiger partial charge >= 0.3 is 5.97 Å². The maximum atomic E-state index is 11.9. The molecule has 0 saturated carbocycles. The molecule has 0 aliphatic carbocycles. The largest absolute Gasteiger partial charge is 0.481 e. The van der Waals surface area contributed by atoms with Gasteiger partial charge in [0.15, 0.2) is 5.82 Å². The lowest BCUT2D eigenvalue weighted by atomic mass is 9.81. The van der Waals surface area contributed by atoms with Gasteiger partial charge < -0.3 is 10.8 Å². The Labute approximate surface area is 162 Å². The molecule has 3 aromatic heterocycles. The smallest absolute Gasteiger partial charge is 0.307 e. The van der Waals surface area contributed by atoms with Gasteiger partial charge in [0.1, 0.15) is 5.82 Å². The summed E-state index contributed by atoms with van der Waals surface area (Å²) in [5.74, 6) is -0.814. The van der Waals surface area contributed by atoms with Crippen LogP contribution in [0.4, 0.5) is 5.82 Å². The van der Waals surface area contributed by atoms with E-state index in [1.165, 1.54) is 0 Å². The van der Waals surface area contributed by atoms with Crippen LogP contribution in [0.3, 0.4) is 0 Å². The number of rotatable bonds is 8. The zero-order chi connectivity index (χ0) is 20.1. The number of carboxylic acid groups (broad SMARTS) is 1. The van der Waals surface area contributed by atoms with Crippen LogP contribution in [0.15, 0.2) is 36.7 Å². The molecule has 0 unspecified atom stereocenters. The summed E-state index contributed by atoms with van der Waals surface area (Å²) in [6.45, 7) is 4.00. The Bertz CT molecular complexity index is 910. The second-order valence-corrected chi connectivity index (χ2v) is 7.18. The van der Waals surface area contributed by atoms with E-state index in [9.17, 15) is 9.90 Å². The number of hydrogen-bond acceptors (Lipinski definition) is 7. The van der Waals surface area contributed by atoms with Crippen LogP contribution in [0.5, 0.6) is 0 Å². The summed E-state index contributed by atoms with van der Waals surface area (Å²) >= 11 is 0. The third-order valence-electron chi connectivity index (χ3n) is 4.58. The molecule has 9 heteroatoms. The minimum Gasteiger partial charge on any atom is -0.481 e. The minimum absolute atomic E-state index is 0.230. The average Bonchev–Trinajstić information content (AvgIpc) is 3.19. The molecule has 2 atom stereocenters. The summed E-state index contributed by atoms with van der Waals surface area (Å²) in [6.07, 6.45) is 4.36. The molecule has 0 fully saturated rings. The lowest BCUT2D eigenvalue weighted by molar-refractivity contribution is -0.143. The van der Waals surface area contributed by atoms with E-state index in [0.29, 0.717) is 24.5 Å². The Morgan fingerprint density at radius 2 is 2.07 bits per heavy atom. The zero-order valence-corrected chi connectivity index (χ0v) is 15.8. The Balaban J connectivity index is 1.85. The van der Waals surface area contributed by atoms with Crippen molar-refractivity contribution in [2.75, 3.05) is 5.73 Å². The van der Waals surface area contributed by atoms with Gasteiger partial charge in [-0.25, -0.2) is 4.98 Å². The summed E-state index contributed by atoms with van der Waals surface area (Å²) in [4.78, 5) is 20.4. The molecule has 28 heavy (non-hydrogen) atoms. The van der Waals surface area contributed by atoms with Crippen LogP contribution in [0.2, 0.25) is 0 Å². The average molecular weight is 381 g/mol. The second-order valence-electron chi connectivity index (χ2n) is 7.18. The highest BCUT2D eigenvalue weighted by molar-refractivity contribution is 5.71. The molecule has 3 rings (SSSR count). The SMILES string of the molecule is CC(C)C[C@H](C(=O)O)[C@H](Cc1ccc(-c2ccnc(N)c2)nc1)c1nn[nH]n1. The third-order valence-corrected chi connectivity index (χ3v) is 4.58. The predicted octanol–water partition coefficient (Wildman–Crippen LogP) is 2.31. The summed E-state index contributed by atoms with van der Waals surface area (Å²) in [7, 11) is 0. The van der Waals surface area contributed by atoms with Gasteiger partial charge in [-0.2, -0.15) is 5.21 Å². The molecule has 9 nitrogen and oxygen atoms in total. The maximum absolute atomic E-state index is 11.9. The van der Waals surface area contributed by atoms with Crippen molar-refractivity contribution >= 4 is 11.8 Å². The summed E-state index contributed by atoms with van der Waals surface area (Å²) < 4.78 is 0. The first-order valence-electron chi connectivity index (χ1n) is 9.07. The van der Waals surface area contributed by atoms with E-state index in [0.717, 1.165) is 16.8 Å². The Hall–Kier alpha value is -3.36. The van der Waals surface area contributed by atoms with Crippen molar-refractivity contribution in [3.8, 4) is 11.3 Å². The number of aromatic amines is 1. The van der Waals surface area contributed by atoms with Gasteiger partial charge in [0, 0.05) is 23.9 Å². The number of nitrogens with zero attached hydrogens (tertiary/aromatic N) is 5. The fraction of sp³-hybridized carbons (Fsp3) is 0.368. The van der Waals surface area contributed by atoms with Crippen LogP contribution < -0.4 is 5.73 Å². The Morgan fingerprint density at radius 1 is 1.25 bits per heavy atom. The van der Waals surface area contributed by atoms with Crippen molar-refractivity contribution in [3.05, 3.63) is 48.0 Å². The molecule has 3 heterocycles. The van der Waals surface area contributed by atoms with E-state index in [1.54, 1.807) is 18.5 Å². The first-order valence-corrected chi connectivity index (χ1v) is 9.07. The summed E-state index contributed by atoms with van der Waals surface area (Å²) in [6, 6.07) is 7.41. The number of aromatic nitrogens is 6. The third kappa shape index (κ3) is 4.67. The highest BCUT2D eigenvalue weighted by atomic mass is 16.4. The zero-order valence-electron chi connectivity index (χ0n) is 15.8. The lowest BCUT2D eigenvalue weighted by Gasteiger charge is -2.23. The van der Waals surface area contributed by atoms with Crippen LogP contribution in [0, 0.1) is 11.8 Å². The number of anilines is 1. The van der Waals surface area contributed by atoms with Crippen LogP contribution in [0.25, 0.3) is 11.3 Å². The van der Waals surface area contributed by atoms with Crippen LogP contribution >= 0.6 is 0 Å². The van der Waals surface area contributed by atoms with E-state index in [4.69, 9.17) is 5.73 Å². The molecule has 0 radical (unpaired) electrons. The number of carboxylic acids is 1. The number of tetrazole rings is 1. The van der Waals surface area contributed by atoms with Gasteiger partial charge in [0.2, 0.25) is 0 Å². The van der Waals surface area contributed by atoms with Crippen molar-refractivity contribution in [1.82, 2.24) is 30.6 Å². The fourth-order valence-electron chi connectivity index (χ4n) is 3.26. The number of pyridine rings is 2. The molecule has 0 aliphatic heterocycles. The van der Waals surface area contributed by atoms with Gasteiger partial charge in [0.05, 0.1) is 11.6 Å². The standard InChI is InChI=1S/C19H23N7O2/c1-11(2)7-15(19(27)28)14(18-23-25-26-24-18)8-12-3-4-16(22-10-12)13-5-6-21-17(20)9-13/h3-6,9-11,14-15H,7-8H2,1-2H3,(H2,20,21)(H,27,28)(H,23,24,25,26)/t14-,15-/m0/s1. The number of H-pyrrole nitrogens is 1. The first-order chi connectivity index (χ1) is 13.4. The van der Waals surface area contributed by atoms with E-state index in [-0.39, 0.29) is 5.92 Å². The highest BCUT2D eigenvalue weighted by Gasteiger charge is 2.33. The van der Waals surface area contributed by atoms with Crippen molar-refractivity contribution in [3.63, 3.8) is 0 Å². The topological polar surface area (TPSA) is 144 Å². The van der Waals surface area contributed by atoms with Gasteiger partial charge in [-0.05, 0) is 42.5 Å². The predicted molar refractivity (Wildman–Crippen MR) is 103 cm³/mol. The molecule has 0 aliphatic rings. The van der Waals surface area contributed by atoms with Crippen molar-refractivity contribution in [1.29, 1.82) is 0 Å². The molecule has 0 saturated heterocycles.